The summed E-state index contributed by atoms with van der Waals surface area (Å²) >= 11 is 0. The van der Waals surface area contributed by atoms with Gasteiger partial charge in [-0.2, -0.15) is 0 Å². The van der Waals surface area contributed by atoms with Crippen molar-refractivity contribution in [3.63, 3.8) is 0 Å². The molecule has 6 nitrogen and oxygen atoms in total. The third-order valence-corrected chi connectivity index (χ3v) is 6.47. The van der Waals surface area contributed by atoms with Crippen LogP contribution in [0.1, 0.15) is 51.4 Å². The average molecular weight is 348 g/mol. The van der Waals surface area contributed by atoms with Gasteiger partial charge in [-0.25, -0.2) is 4.79 Å². The fourth-order valence-electron chi connectivity index (χ4n) is 4.78. The topological polar surface area (TPSA) is 64.7 Å². The zero-order valence-corrected chi connectivity index (χ0v) is 15.2. The number of likely N-dealkylation sites (tertiary alicyclic amines) is 2. The largest absolute Gasteiger partial charge is 0.340 e. The van der Waals surface area contributed by atoms with Gasteiger partial charge in [-0.15, -0.1) is 0 Å². The highest BCUT2D eigenvalue weighted by molar-refractivity contribution is 5.80. The Bertz CT molecular complexity index is 502. The van der Waals surface area contributed by atoms with E-state index in [9.17, 15) is 9.59 Å². The van der Waals surface area contributed by atoms with Crippen LogP contribution in [-0.4, -0.2) is 66.5 Å². The Morgan fingerprint density at radius 3 is 2.48 bits per heavy atom. The van der Waals surface area contributed by atoms with E-state index in [0.717, 1.165) is 44.9 Å². The van der Waals surface area contributed by atoms with Crippen LogP contribution in [0.25, 0.3) is 0 Å². The van der Waals surface area contributed by atoms with Crippen LogP contribution in [0, 0.1) is 11.8 Å². The molecule has 2 saturated heterocycles. The van der Waals surface area contributed by atoms with Crippen LogP contribution in [0.15, 0.2) is 0 Å². The Balaban J connectivity index is 1.14. The summed E-state index contributed by atoms with van der Waals surface area (Å²) in [5.74, 6) is 1.15. The number of rotatable bonds is 5. The molecule has 2 aliphatic carbocycles. The summed E-state index contributed by atoms with van der Waals surface area (Å²) in [5, 5.41) is 6.12. The second-order valence-electron chi connectivity index (χ2n) is 8.49. The molecule has 140 valence electrons. The van der Waals surface area contributed by atoms with Crippen LogP contribution in [0.4, 0.5) is 4.79 Å². The van der Waals surface area contributed by atoms with Gasteiger partial charge in [0.05, 0.1) is 0 Å². The second-order valence-corrected chi connectivity index (χ2v) is 8.49. The van der Waals surface area contributed by atoms with E-state index in [-0.39, 0.29) is 18.0 Å². The van der Waals surface area contributed by atoms with Gasteiger partial charge in [-0.3, -0.25) is 4.79 Å². The Hall–Kier alpha value is -1.30. The lowest BCUT2D eigenvalue weighted by molar-refractivity contribution is -0.134. The molecule has 0 aromatic heterocycles. The maximum Gasteiger partial charge on any atom is 0.315 e. The molecule has 2 unspecified atom stereocenters. The van der Waals surface area contributed by atoms with E-state index in [2.05, 4.69) is 15.5 Å². The van der Waals surface area contributed by atoms with Gasteiger partial charge < -0.3 is 20.4 Å². The van der Waals surface area contributed by atoms with Crippen LogP contribution in [0.5, 0.6) is 0 Å². The van der Waals surface area contributed by atoms with Gasteiger partial charge in [-0.05, 0) is 51.0 Å². The number of carbonyl (C=O) groups excluding carboxylic acids is 2. The second kappa shape index (κ2) is 7.52. The summed E-state index contributed by atoms with van der Waals surface area (Å²) in [6, 6.07) is 0.877. The van der Waals surface area contributed by atoms with Crippen LogP contribution >= 0.6 is 0 Å². The number of carbonyl (C=O) groups is 2. The lowest BCUT2D eigenvalue weighted by Crippen LogP contribution is -2.45. The van der Waals surface area contributed by atoms with Crippen molar-refractivity contribution in [1.82, 2.24) is 20.4 Å². The molecular formula is C19H32N4O2. The highest BCUT2D eigenvalue weighted by Gasteiger charge is 2.35. The van der Waals surface area contributed by atoms with Crippen molar-refractivity contribution in [2.24, 2.45) is 11.8 Å². The summed E-state index contributed by atoms with van der Waals surface area (Å²) in [6.07, 6.45) is 9.27. The molecule has 0 bridgehead atoms. The Kier molecular flexibility index (Phi) is 5.15. The Labute approximate surface area is 150 Å². The summed E-state index contributed by atoms with van der Waals surface area (Å²) in [7, 11) is 0. The SMILES string of the molecule is O=C(NCC1CCN(C2CC2)C1)NC1CCN(C(=O)C2CCCC2)C1. The molecule has 6 heteroatoms. The average Bonchev–Trinajstić information content (AvgIpc) is 3.06. The molecule has 2 N–H and O–H groups in total. The van der Waals surface area contributed by atoms with Gasteiger partial charge in [0.25, 0.3) is 0 Å². The third-order valence-electron chi connectivity index (χ3n) is 6.47. The fraction of sp³-hybridized carbons (Fsp3) is 0.895. The van der Waals surface area contributed by atoms with Crippen molar-refractivity contribution in [3.05, 3.63) is 0 Å². The minimum Gasteiger partial charge on any atom is -0.340 e. The normalized spacial score (nSPS) is 30.8. The van der Waals surface area contributed by atoms with Crippen LogP contribution in [0.3, 0.4) is 0 Å². The molecule has 4 aliphatic rings. The van der Waals surface area contributed by atoms with Gasteiger partial charge in [-0.1, -0.05) is 12.8 Å². The zero-order chi connectivity index (χ0) is 17.2. The van der Waals surface area contributed by atoms with E-state index in [1.54, 1.807) is 0 Å². The van der Waals surface area contributed by atoms with E-state index < -0.39 is 0 Å². The molecule has 0 aromatic carbocycles. The molecule has 4 rings (SSSR count). The zero-order valence-electron chi connectivity index (χ0n) is 15.2. The van der Waals surface area contributed by atoms with Crippen LogP contribution in [0.2, 0.25) is 0 Å². The Morgan fingerprint density at radius 1 is 0.920 bits per heavy atom. The molecule has 3 amide bonds. The maximum atomic E-state index is 12.5. The third kappa shape index (κ3) is 4.27. The molecule has 4 fully saturated rings. The van der Waals surface area contributed by atoms with Gasteiger partial charge in [0.15, 0.2) is 0 Å². The molecule has 0 radical (unpaired) electrons. The van der Waals surface area contributed by atoms with E-state index >= 15 is 0 Å². The minimum absolute atomic E-state index is 0.0648. The highest BCUT2D eigenvalue weighted by atomic mass is 16.2. The first-order chi connectivity index (χ1) is 12.2. The summed E-state index contributed by atoms with van der Waals surface area (Å²) < 4.78 is 0. The fourth-order valence-corrected chi connectivity index (χ4v) is 4.78. The minimum atomic E-state index is -0.0648. The van der Waals surface area contributed by atoms with Crippen molar-refractivity contribution < 1.29 is 9.59 Å². The summed E-state index contributed by atoms with van der Waals surface area (Å²) in [6.45, 7) is 4.57. The first kappa shape index (κ1) is 17.1. The monoisotopic (exact) mass is 348 g/mol. The molecule has 0 spiro atoms. The van der Waals surface area contributed by atoms with Crippen molar-refractivity contribution in [3.8, 4) is 0 Å². The van der Waals surface area contributed by atoms with Crippen molar-refractivity contribution in [1.29, 1.82) is 0 Å². The van der Waals surface area contributed by atoms with Gasteiger partial charge in [0.2, 0.25) is 5.91 Å². The number of nitrogens with zero attached hydrogens (tertiary/aromatic N) is 2. The van der Waals surface area contributed by atoms with E-state index in [0.29, 0.717) is 18.4 Å². The maximum absolute atomic E-state index is 12.5. The number of nitrogens with one attached hydrogen (secondary N) is 2. The number of amides is 3. The standard InChI is InChI=1S/C19H32N4O2/c24-18(15-3-1-2-4-15)23-10-8-16(13-23)21-19(25)20-11-14-7-9-22(12-14)17-5-6-17/h14-17H,1-13H2,(H2,20,21,25). The van der Waals surface area contributed by atoms with E-state index in [4.69, 9.17) is 0 Å². The number of hydrogen-bond acceptors (Lipinski definition) is 3. The molecule has 25 heavy (non-hydrogen) atoms. The molecule has 2 heterocycles. The molecular weight excluding hydrogens is 316 g/mol. The summed E-state index contributed by atoms with van der Waals surface area (Å²) in [5.41, 5.74) is 0. The van der Waals surface area contributed by atoms with E-state index in [1.807, 2.05) is 4.90 Å². The quantitative estimate of drug-likeness (QED) is 0.792. The van der Waals surface area contributed by atoms with Crippen molar-refractivity contribution in [2.45, 2.75) is 63.5 Å². The number of urea groups is 1. The first-order valence-corrected chi connectivity index (χ1v) is 10.3. The van der Waals surface area contributed by atoms with Crippen molar-refractivity contribution in [2.75, 3.05) is 32.7 Å². The Morgan fingerprint density at radius 2 is 1.72 bits per heavy atom. The van der Waals surface area contributed by atoms with Crippen molar-refractivity contribution >= 4 is 11.9 Å². The molecule has 2 atom stereocenters. The lowest BCUT2D eigenvalue weighted by atomic mass is 10.1. The molecule has 2 saturated carbocycles. The predicted molar refractivity (Wildman–Crippen MR) is 96.2 cm³/mol. The summed E-state index contributed by atoms with van der Waals surface area (Å²) in [4.78, 5) is 29.2. The van der Waals surface area contributed by atoms with Gasteiger partial charge in [0, 0.05) is 44.2 Å². The smallest absolute Gasteiger partial charge is 0.315 e. The van der Waals surface area contributed by atoms with Gasteiger partial charge in [0.1, 0.15) is 0 Å². The van der Waals surface area contributed by atoms with E-state index in [1.165, 1.54) is 38.6 Å². The van der Waals surface area contributed by atoms with Crippen LogP contribution < -0.4 is 10.6 Å². The molecule has 2 aliphatic heterocycles. The highest BCUT2D eigenvalue weighted by Crippen LogP contribution is 2.31. The van der Waals surface area contributed by atoms with Gasteiger partial charge >= 0.3 is 6.03 Å². The first-order valence-electron chi connectivity index (χ1n) is 10.3. The lowest BCUT2D eigenvalue weighted by Gasteiger charge is -2.21. The number of hydrogen-bond donors (Lipinski definition) is 2. The predicted octanol–water partition coefficient (Wildman–Crippen LogP) is 1.56. The van der Waals surface area contributed by atoms with Crippen LogP contribution in [-0.2, 0) is 4.79 Å². The molecule has 0 aromatic rings.